The van der Waals surface area contributed by atoms with E-state index in [1.165, 1.54) is 90.0 Å². The van der Waals surface area contributed by atoms with Gasteiger partial charge in [0.1, 0.15) is 0 Å². The van der Waals surface area contributed by atoms with E-state index in [1.807, 2.05) is 0 Å². The molecule has 2 atom stereocenters. The van der Waals surface area contributed by atoms with Crippen molar-refractivity contribution in [3.63, 3.8) is 0 Å². The molecular weight excluding hydrogens is 206 g/mol. The van der Waals surface area contributed by atoms with Crippen LogP contribution >= 0.6 is 0 Å². The van der Waals surface area contributed by atoms with Crippen LogP contribution in [-0.2, 0) is 0 Å². The SMILES string of the molecule is C1CCCCCNC2CCC(CCCCC1)C2. The largest absolute Gasteiger partial charge is 0.314 e. The summed E-state index contributed by atoms with van der Waals surface area (Å²) < 4.78 is 0. The van der Waals surface area contributed by atoms with Crippen LogP contribution < -0.4 is 5.32 Å². The van der Waals surface area contributed by atoms with Crippen molar-refractivity contribution in [1.29, 1.82) is 0 Å². The molecule has 2 aliphatic rings. The molecule has 1 nitrogen and oxygen atoms in total. The summed E-state index contributed by atoms with van der Waals surface area (Å²) in [7, 11) is 0. The Kier molecular flexibility index (Phi) is 6.41. The van der Waals surface area contributed by atoms with Crippen LogP contribution in [0, 0.1) is 5.92 Å². The molecule has 2 fully saturated rings. The van der Waals surface area contributed by atoms with E-state index in [1.54, 1.807) is 0 Å². The second-order valence-corrected chi connectivity index (χ2v) is 6.30. The van der Waals surface area contributed by atoms with Gasteiger partial charge in [-0.05, 0) is 38.1 Å². The van der Waals surface area contributed by atoms with Gasteiger partial charge in [0.05, 0.1) is 0 Å². The molecule has 1 heteroatoms. The van der Waals surface area contributed by atoms with Crippen LogP contribution in [0.5, 0.6) is 0 Å². The zero-order valence-electron chi connectivity index (χ0n) is 11.6. The molecular formula is C16H31N. The molecule has 1 saturated heterocycles. The lowest BCUT2D eigenvalue weighted by Crippen LogP contribution is -2.27. The zero-order chi connectivity index (χ0) is 11.8. The van der Waals surface area contributed by atoms with E-state index < -0.39 is 0 Å². The minimum absolute atomic E-state index is 0.866. The van der Waals surface area contributed by atoms with Crippen LogP contribution in [0.3, 0.4) is 0 Å². The van der Waals surface area contributed by atoms with Gasteiger partial charge in [0.2, 0.25) is 0 Å². The Bertz CT molecular complexity index is 170. The minimum Gasteiger partial charge on any atom is -0.314 e. The molecule has 2 bridgehead atoms. The van der Waals surface area contributed by atoms with Crippen LogP contribution in [0.1, 0.15) is 83.5 Å². The van der Waals surface area contributed by atoms with E-state index in [2.05, 4.69) is 5.32 Å². The molecule has 0 aromatic carbocycles. The second kappa shape index (κ2) is 8.13. The third kappa shape index (κ3) is 5.42. The van der Waals surface area contributed by atoms with E-state index in [9.17, 15) is 0 Å². The maximum Gasteiger partial charge on any atom is 0.00698 e. The monoisotopic (exact) mass is 237 g/mol. The van der Waals surface area contributed by atoms with Crippen molar-refractivity contribution < 1.29 is 0 Å². The van der Waals surface area contributed by atoms with Crippen molar-refractivity contribution in [3.8, 4) is 0 Å². The summed E-state index contributed by atoms with van der Waals surface area (Å²) >= 11 is 0. The number of rotatable bonds is 0. The topological polar surface area (TPSA) is 12.0 Å². The standard InChI is InChI=1S/C16H31N/c1-2-4-6-8-10-15-11-12-16(14-15)17-13-9-7-5-3-1/h15-17H,1-14H2. The van der Waals surface area contributed by atoms with Gasteiger partial charge in [-0.3, -0.25) is 0 Å². The summed E-state index contributed by atoms with van der Waals surface area (Å²) in [5.74, 6) is 1.05. The average Bonchev–Trinajstić information content (AvgIpc) is 2.77. The Balaban J connectivity index is 1.68. The molecule has 0 aromatic rings. The maximum absolute atomic E-state index is 3.78. The highest BCUT2D eigenvalue weighted by Crippen LogP contribution is 2.30. The highest BCUT2D eigenvalue weighted by Gasteiger charge is 2.23. The molecule has 0 amide bonds. The molecule has 0 radical (unpaired) electrons. The Morgan fingerprint density at radius 1 is 0.588 bits per heavy atom. The lowest BCUT2D eigenvalue weighted by molar-refractivity contribution is 0.440. The first kappa shape index (κ1) is 13.4. The summed E-state index contributed by atoms with van der Waals surface area (Å²) in [4.78, 5) is 0. The molecule has 1 heterocycles. The van der Waals surface area contributed by atoms with Crippen LogP contribution in [0.2, 0.25) is 0 Å². The molecule has 0 spiro atoms. The van der Waals surface area contributed by atoms with Gasteiger partial charge in [-0.25, -0.2) is 0 Å². The van der Waals surface area contributed by atoms with E-state index in [4.69, 9.17) is 0 Å². The Labute approximate surface area is 108 Å². The lowest BCUT2D eigenvalue weighted by Gasteiger charge is -2.13. The van der Waals surface area contributed by atoms with Crippen LogP contribution in [0.15, 0.2) is 0 Å². The first-order valence-corrected chi connectivity index (χ1v) is 8.18. The Hall–Kier alpha value is -0.0400. The summed E-state index contributed by atoms with van der Waals surface area (Å²) in [6.07, 6.45) is 19.2. The van der Waals surface area contributed by atoms with Gasteiger partial charge < -0.3 is 5.32 Å². The summed E-state index contributed by atoms with van der Waals surface area (Å²) in [5, 5.41) is 3.78. The third-order valence-corrected chi connectivity index (χ3v) is 4.76. The number of fused-ring (bicyclic) bond motifs is 2. The van der Waals surface area contributed by atoms with Gasteiger partial charge in [-0.15, -0.1) is 0 Å². The van der Waals surface area contributed by atoms with Crippen molar-refractivity contribution >= 4 is 0 Å². The number of nitrogens with one attached hydrogen (secondary N) is 1. The van der Waals surface area contributed by atoms with Gasteiger partial charge >= 0.3 is 0 Å². The molecule has 1 saturated carbocycles. The van der Waals surface area contributed by atoms with Gasteiger partial charge in [0.25, 0.3) is 0 Å². The number of hydrogen-bond donors (Lipinski definition) is 1. The molecule has 2 unspecified atom stereocenters. The van der Waals surface area contributed by atoms with Crippen LogP contribution in [-0.4, -0.2) is 12.6 Å². The fourth-order valence-electron chi connectivity index (χ4n) is 3.62. The summed E-state index contributed by atoms with van der Waals surface area (Å²) in [6, 6.07) is 0.866. The molecule has 1 aliphatic carbocycles. The fraction of sp³-hybridized carbons (Fsp3) is 1.00. The molecule has 1 aliphatic heterocycles. The molecule has 1 N–H and O–H groups in total. The van der Waals surface area contributed by atoms with Gasteiger partial charge in [-0.1, -0.05) is 57.8 Å². The second-order valence-electron chi connectivity index (χ2n) is 6.30. The molecule has 2 rings (SSSR count). The minimum atomic E-state index is 0.866. The third-order valence-electron chi connectivity index (χ3n) is 4.76. The average molecular weight is 237 g/mol. The van der Waals surface area contributed by atoms with Gasteiger partial charge in [-0.2, -0.15) is 0 Å². The predicted molar refractivity (Wildman–Crippen MR) is 75.3 cm³/mol. The van der Waals surface area contributed by atoms with E-state index >= 15 is 0 Å². The Morgan fingerprint density at radius 2 is 1.24 bits per heavy atom. The predicted octanol–water partition coefficient (Wildman–Crippen LogP) is 4.66. The molecule has 0 aromatic heterocycles. The van der Waals surface area contributed by atoms with E-state index in [0.29, 0.717) is 0 Å². The summed E-state index contributed by atoms with van der Waals surface area (Å²) in [6.45, 7) is 1.28. The molecule has 17 heavy (non-hydrogen) atoms. The number of hydrogen-bond acceptors (Lipinski definition) is 1. The van der Waals surface area contributed by atoms with Crippen molar-refractivity contribution in [2.75, 3.05) is 6.54 Å². The van der Waals surface area contributed by atoms with Gasteiger partial charge in [0, 0.05) is 6.04 Å². The quantitative estimate of drug-likeness (QED) is 0.646. The van der Waals surface area contributed by atoms with E-state index in [0.717, 1.165) is 12.0 Å². The van der Waals surface area contributed by atoms with Crippen molar-refractivity contribution in [2.24, 2.45) is 5.92 Å². The normalized spacial score (nSPS) is 33.9. The highest BCUT2D eigenvalue weighted by atomic mass is 14.9. The molecule has 100 valence electrons. The van der Waals surface area contributed by atoms with E-state index in [-0.39, 0.29) is 0 Å². The maximum atomic E-state index is 3.78. The van der Waals surface area contributed by atoms with Gasteiger partial charge in [0.15, 0.2) is 0 Å². The highest BCUT2D eigenvalue weighted by molar-refractivity contribution is 4.80. The van der Waals surface area contributed by atoms with Crippen molar-refractivity contribution in [2.45, 2.75) is 89.5 Å². The first-order valence-electron chi connectivity index (χ1n) is 8.18. The van der Waals surface area contributed by atoms with Crippen LogP contribution in [0.4, 0.5) is 0 Å². The fourth-order valence-corrected chi connectivity index (χ4v) is 3.62. The summed E-state index contributed by atoms with van der Waals surface area (Å²) in [5.41, 5.74) is 0. The first-order chi connectivity index (χ1) is 8.45. The van der Waals surface area contributed by atoms with Crippen molar-refractivity contribution in [1.82, 2.24) is 5.32 Å². The smallest absolute Gasteiger partial charge is 0.00698 e. The zero-order valence-corrected chi connectivity index (χ0v) is 11.6. The van der Waals surface area contributed by atoms with Crippen LogP contribution in [0.25, 0.3) is 0 Å². The van der Waals surface area contributed by atoms with Crippen molar-refractivity contribution in [3.05, 3.63) is 0 Å². The lowest BCUT2D eigenvalue weighted by atomic mass is 9.98. The Morgan fingerprint density at radius 3 is 2.00 bits per heavy atom.